The molecule has 3 N–H and O–H groups in total. The van der Waals surface area contributed by atoms with Gasteiger partial charge in [-0.25, -0.2) is 4.98 Å². The van der Waals surface area contributed by atoms with Crippen LogP contribution < -0.4 is 5.73 Å². The van der Waals surface area contributed by atoms with Gasteiger partial charge in [-0.3, -0.25) is 4.79 Å². The summed E-state index contributed by atoms with van der Waals surface area (Å²) in [4.78, 5) is 21.8. The number of amides is 1. The first-order valence-corrected chi connectivity index (χ1v) is 8.39. The van der Waals surface area contributed by atoms with Gasteiger partial charge < -0.3 is 10.7 Å². The lowest BCUT2D eigenvalue weighted by Crippen LogP contribution is -2.11. The predicted octanol–water partition coefficient (Wildman–Crippen LogP) is 4.37. The fourth-order valence-corrected chi connectivity index (χ4v) is 3.75. The van der Waals surface area contributed by atoms with Crippen molar-refractivity contribution in [1.82, 2.24) is 9.97 Å². The Kier molecular flexibility index (Phi) is 3.43. The highest BCUT2D eigenvalue weighted by Gasteiger charge is 2.14. The van der Waals surface area contributed by atoms with E-state index in [0.29, 0.717) is 11.1 Å². The third kappa shape index (κ3) is 2.49. The Labute approximate surface area is 143 Å². The zero-order valence-electron chi connectivity index (χ0n) is 13.0. The number of nitrogens with one attached hydrogen (secondary N) is 1. The Morgan fingerprint density at radius 3 is 2.58 bits per heavy atom. The van der Waals surface area contributed by atoms with Crippen LogP contribution in [-0.2, 0) is 0 Å². The van der Waals surface area contributed by atoms with Crippen molar-refractivity contribution in [3.8, 4) is 21.1 Å². The molecule has 0 aliphatic carbocycles. The van der Waals surface area contributed by atoms with E-state index in [1.165, 1.54) is 10.4 Å². The first-order valence-electron chi connectivity index (χ1n) is 7.57. The van der Waals surface area contributed by atoms with Crippen LogP contribution in [0.4, 0.5) is 0 Å². The van der Waals surface area contributed by atoms with E-state index < -0.39 is 5.91 Å². The number of rotatable bonds is 3. The number of nitrogens with zero attached hydrogens (tertiary/aromatic N) is 1. The van der Waals surface area contributed by atoms with Crippen LogP contribution in [0, 0.1) is 6.92 Å². The van der Waals surface area contributed by atoms with Gasteiger partial charge in [0.05, 0.1) is 16.0 Å². The number of imidazole rings is 1. The van der Waals surface area contributed by atoms with Gasteiger partial charge >= 0.3 is 0 Å². The van der Waals surface area contributed by atoms with E-state index in [2.05, 4.69) is 28.2 Å². The smallest absolute Gasteiger partial charge is 0.250 e. The van der Waals surface area contributed by atoms with Gasteiger partial charge in [-0.1, -0.05) is 30.3 Å². The normalized spacial score (nSPS) is 11.0. The van der Waals surface area contributed by atoms with Crippen molar-refractivity contribution in [2.24, 2.45) is 5.73 Å². The van der Waals surface area contributed by atoms with Gasteiger partial charge in [-0.2, -0.15) is 0 Å². The second-order valence-electron chi connectivity index (χ2n) is 5.69. The molecule has 24 heavy (non-hydrogen) atoms. The first-order chi connectivity index (χ1) is 11.6. The number of aromatic nitrogens is 2. The second kappa shape index (κ2) is 5.62. The molecule has 0 atom stereocenters. The summed E-state index contributed by atoms with van der Waals surface area (Å²) in [5.41, 5.74) is 9.54. The van der Waals surface area contributed by atoms with Crippen molar-refractivity contribution >= 4 is 28.3 Å². The molecule has 0 fully saturated rings. The van der Waals surface area contributed by atoms with Gasteiger partial charge in [0.25, 0.3) is 5.91 Å². The molecular formula is C19H15N3OS. The number of nitrogens with two attached hydrogens (primary N) is 1. The number of H-pyrrole nitrogens is 1. The molecule has 5 heteroatoms. The zero-order valence-corrected chi connectivity index (χ0v) is 13.9. The zero-order chi connectivity index (χ0) is 16.7. The lowest BCUT2D eigenvalue weighted by Gasteiger charge is -1.98. The molecule has 1 amide bonds. The molecule has 0 saturated heterocycles. The van der Waals surface area contributed by atoms with E-state index in [0.717, 1.165) is 21.8 Å². The van der Waals surface area contributed by atoms with Gasteiger partial charge in [-0.15, -0.1) is 11.3 Å². The van der Waals surface area contributed by atoms with Crippen LogP contribution in [0.1, 0.15) is 15.9 Å². The molecule has 0 bridgehead atoms. The van der Waals surface area contributed by atoms with Gasteiger partial charge in [0.2, 0.25) is 0 Å². The third-order valence-electron chi connectivity index (χ3n) is 3.89. The molecule has 0 aliphatic heterocycles. The van der Waals surface area contributed by atoms with Gasteiger partial charge in [0, 0.05) is 4.88 Å². The summed E-state index contributed by atoms with van der Waals surface area (Å²) in [5, 5.41) is 0. The van der Waals surface area contributed by atoms with E-state index in [4.69, 9.17) is 5.73 Å². The van der Waals surface area contributed by atoms with E-state index in [1.807, 2.05) is 37.3 Å². The van der Waals surface area contributed by atoms with E-state index in [1.54, 1.807) is 17.4 Å². The van der Waals surface area contributed by atoms with Crippen molar-refractivity contribution in [3.63, 3.8) is 0 Å². The van der Waals surface area contributed by atoms with Crippen LogP contribution in [0.25, 0.3) is 32.2 Å². The van der Waals surface area contributed by atoms with Gasteiger partial charge in [-0.05, 0) is 42.3 Å². The molecule has 0 aliphatic rings. The molecule has 4 aromatic rings. The molecule has 2 aromatic carbocycles. The maximum Gasteiger partial charge on any atom is 0.250 e. The average molecular weight is 333 g/mol. The first kappa shape index (κ1) is 14.7. The largest absolute Gasteiger partial charge is 0.366 e. The molecule has 0 saturated carbocycles. The molecule has 0 unspecified atom stereocenters. The lowest BCUT2D eigenvalue weighted by molar-refractivity contribution is 0.100. The Morgan fingerprint density at radius 2 is 1.83 bits per heavy atom. The lowest BCUT2D eigenvalue weighted by atomic mass is 10.1. The Morgan fingerprint density at radius 1 is 1.08 bits per heavy atom. The van der Waals surface area contributed by atoms with Crippen molar-refractivity contribution in [2.75, 3.05) is 0 Å². The molecule has 0 radical (unpaired) electrons. The summed E-state index contributed by atoms with van der Waals surface area (Å²) >= 11 is 1.66. The van der Waals surface area contributed by atoms with Crippen LogP contribution in [-0.4, -0.2) is 15.9 Å². The fourth-order valence-electron chi connectivity index (χ4n) is 2.79. The van der Waals surface area contributed by atoms with Crippen molar-refractivity contribution in [2.45, 2.75) is 6.92 Å². The van der Waals surface area contributed by atoms with Crippen molar-refractivity contribution in [1.29, 1.82) is 0 Å². The van der Waals surface area contributed by atoms with Crippen molar-refractivity contribution < 1.29 is 4.79 Å². The Bertz CT molecular complexity index is 1050. The number of carbonyl (C=O) groups excluding carboxylic acids is 1. The number of fused-ring (bicyclic) bond motifs is 1. The van der Waals surface area contributed by atoms with Gasteiger partial charge in [0.15, 0.2) is 0 Å². The van der Waals surface area contributed by atoms with E-state index in [-0.39, 0.29) is 0 Å². The summed E-state index contributed by atoms with van der Waals surface area (Å²) < 4.78 is 0. The Balaban J connectivity index is 1.82. The van der Waals surface area contributed by atoms with Crippen molar-refractivity contribution in [3.05, 3.63) is 65.7 Å². The highest BCUT2D eigenvalue weighted by atomic mass is 32.1. The summed E-state index contributed by atoms with van der Waals surface area (Å²) in [7, 11) is 0. The second-order valence-corrected chi connectivity index (χ2v) is 6.77. The average Bonchev–Trinajstić information content (AvgIpc) is 3.21. The third-order valence-corrected chi connectivity index (χ3v) is 5.04. The van der Waals surface area contributed by atoms with Crippen LogP contribution in [0.3, 0.4) is 0 Å². The molecule has 2 aromatic heterocycles. The molecule has 118 valence electrons. The minimum Gasteiger partial charge on any atom is -0.366 e. The number of thiophene rings is 1. The topological polar surface area (TPSA) is 71.8 Å². The monoisotopic (exact) mass is 333 g/mol. The number of primary amides is 1. The highest BCUT2D eigenvalue weighted by Crippen LogP contribution is 2.34. The van der Waals surface area contributed by atoms with Crippen LogP contribution in [0.2, 0.25) is 0 Å². The van der Waals surface area contributed by atoms with Crippen LogP contribution in [0.5, 0.6) is 0 Å². The minimum atomic E-state index is -0.460. The van der Waals surface area contributed by atoms with Gasteiger partial charge in [0.1, 0.15) is 11.3 Å². The number of aromatic amines is 1. The quantitative estimate of drug-likeness (QED) is 0.584. The maximum absolute atomic E-state index is 11.7. The molecule has 2 heterocycles. The summed E-state index contributed by atoms with van der Waals surface area (Å²) in [6.07, 6.45) is 0. The molecule has 4 rings (SSSR count). The predicted molar refractivity (Wildman–Crippen MR) is 98.1 cm³/mol. The van der Waals surface area contributed by atoms with E-state index in [9.17, 15) is 4.79 Å². The number of hydrogen-bond donors (Lipinski definition) is 2. The summed E-state index contributed by atoms with van der Waals surface area (Å²) in [5.74, 6) is 0.295. The molecular weight excluding hydrogens is 318 g/mol. The standard InChI is InChI=1S/C19H15N3OS/c1-11-9-13(18(20)23)17-14(10-11)21-19(22-17)16-8-7-15(24-16)12-5-3-2-4-6-12/h2-10H,1H3,(H2,20,23)(H,21,22). The summed E-state index contributed by atoms with van der Waals surface area (Å²) in [6.45, 7) is 1.94. The number of hydrogen-bond acceptors (Lipinski definition) is 3. The minimum absolute atomic E-state index is 0.451. The highest BCUT2D eigenvalue weighted by molar-refractivity contribution is 7.18. The number of benzene rings is 2. The fraction of sp³-hybridized carbons (Fsp3) is 0.0526. The summed E-state index contributed by atoms with van der Waals surface area (Å²) in [6, 6.07) is 18.1. The molecule has 0 spiro atoms. The Hall–Kier alpha value is -2.92. The SMILES string of the molecule is Cc1cc(C(N)=O)c2nc(-c3ccc(-c4ccccc4)s3)[nH]c2c1. The van der Waals surface area contributed by atoms with Crippen LogP contribution in [0.15, 0.2) is 54.6 Å². The number of aryl methyl sites for hydroxylation is 1. The maximum atomic E-state index is 11.7. The molecule has 4 nitrogen and oxygen atoms in total. The van der Waals surface area contributed by atoms with E-state index >= 15 is 0 Å². The van der Waals surface area contributed by atoms with Crippen LogP contribution >= 0.6 is 11.3 Å². The number of carbonyl (C=O) groups is 1.